The van der Waals surface area contributed by atoms with Crippen LogP contribution in [0.2, 0.25) is 0 Å². The molecule has 0 heterocycles. The Morgan fingerprint density at radius 3 is 2.40 bits per heavy atom. The molecule has 1 rings (SSSR count). The van der Waals surface area contributed by atoms with Gasteiger partial charge in [-0.2, -0.15) is 0 Å². The number of aryl methyl sites for hydroxylation is 2. The van der Waals surface area contributed by atoms with Crippen LogP contribution in [0.25, 0.3) is 0 Å². The van der Waals surface area contributed by atoms with Gasteiger partial charge in [0.15, 0.2) is 0 Å². The van der Waals surface area contributed by atoms with Crippen LogP contribution in [0.5, 0.6) is 0 Å². The Hall–Kier alpha value is -0.860. The molecule has 0 bridgehead atoms. The van der Waals surface area contributed by atoms with Crippen LogP contribution in [0.4, 0.5) is 0 Å². The summed E-state index contributed by atoms with van der Waals surface area (Å²) in [6.45, 7) is 13.6. The van der Waals surface area contributed by atoms with E-state index in [0.29, 0.717) is 17.4 Å². The summed E-state index contributed by atoms with van der Waals surface area (Å²) in [7, 11) is 0. The van der Waals surface area contributed by atoms with E-state index in [1.54, 1.807) is 0 Å². The summed E-state index contributed by atoms with van der Waals surface area (Å²) in [5.41, 5.74) is 7.50. The van der Waals surface area contributed by atoms with Gasteiger partial charge in [-0.25, -0.2) is 0 Å². The predicted octanol–water partition coefficient (Wildman–Crippen LogP) is 4.14. The molecule has 1 aromatic carbocycles. The maximum absolute atomic E-state index is 5.77. The van der Waals surface area contributed by atoms with Crippen molar-refractivity contribution in [1.29, 1.82) is 0 Å². The van der Waals surface area contributed by atoms with Crippen LogP contribution in [0.3, 0.4) is 0 Å². The van der Waals surface area contributed by atoms with E-state index >= 15 is 0 Å². The van der Waals surface area contributed by atoms with E-state index in [1.807, 2.05) is 0 Å². The Bertz CT molecular complexity index is 418. The first-order valence-electron chi connectivity index (χ1n) is 7.73. The summed E-state index contributed by atoms with van der Waals surface area (Å²) in [6, 6.07) is 7.02. The second-order valence-electron chi connectivity index (χ2n) is 7.60. The molecule has 20 heavy (non-hydrogen) atoms. The first-order chi connectivity index (χ1) is 9.21. The second-order valence-corrected chi connectivity index (χ2v) is 7.60. The maximum Gasteiger partial charge on any atom is 0.0253 e. The van der Waals surface area contributed by atoms with Crippen molar-refractivity contribution in [2.75, 3.05) is 0 Å². The van der Waals surface area contributed by atoms with Crippen LogP contribution in [0, 0.1) is 25.2 Å². The van der Waals surface area contributed by atoms with Gasteiger partial charge < -0.3 is 0 Å². The SMILES string of the molecule is Cc1ccc(C)c(CC(CC(C)CC(C)(C)C)NN)c1. The van der Waals surface area contributed by atoms with E-state index in [-0.39, 0.29) is 0 Å². The molecule has 2 unspecified atom stereocenters. The number of benzene rings is 1. The molecule has 0 amide bonds. The van der Waals surface area contributed by atoms with Crippen LogP contribution < -0.4 is 11.3 Å². The van der Waals surface area contributed by atoms with Gasteiger partial charge in [0.1, 0.15) is 0 Å². The van der Waals surface area contributed by atoms with Gasteiger partial charge in [0.25, 0.3) is 0 Å². The second kappa shape index (κ2) is 7.24. The topological polar surface area (TPSA) is 38.0 Å². The smallest absolute Gasteiger partial charge is 0.0253 e. The van der Waals surface area contributed by atoms with E-state index in [4.69, 9.17) is 5.84 Å². The molecular weight excluding hydrogens is 244 g/mol. The highest BCUT2D eigenvalue weighted by molar-refractivity contribution is 5.31. The van der Waals surface area contributed by atoms with Gasteiger partial charge in [0.05, 0.1) is 0 Å². The molecule has 0 radical (unpaired) electrons. The van der Waals surface area contributed by atoms with Gasteiger partial charge in [-0.15, -0.1) is 0 Å². The molecule has 2 nitrogen and oxygen atoms in total. The van der Waals surface area contributed by atoms with Gasteiger partial charge in [-0.05, 0) is 55.6 Å². The van der Waals surface area contributed by atoms with E-state index in [2.05, 4.69) is 65.2 Å². The van der Waals surface area contributed by atoms with Crippen molar-refractivity contribution >= 4 is 0 Å². The zero-order chi connectivity index (χ0) is 15.3. The largest absolute Gasteiger partial charge is 0.271 e. The maximum atomic E-state index is 5.77. The molecule has 0 aliphatic rings. The minimum atomic E-state index is 0.354. The van der Waals surface area contributed by atoms with Crippen molar-refractivity contribution in [3.8, 4) is 0 Å². The van der Waals surface area contributed by atoms with Crippen LogP contribution in [0.15, 0.2) is 18.2 Å². The van der Waals surface area contributed by atoms with Crippen molar-refractivity contribution < 1.29 is 0 Å². The quantitative estimate of drug-likeness (QED) is 0.605. The number of hydrogen-bond donors (Lipinski definition) is 2. The summed E-state index contributed by atoms with van der Waals surface area (Å²) < 4.78 is 0. The average Bonchev–Trinajstić information content (AvgIpc) is 2.30. The Balaban J connectivity index is 2.65. The highest BCUT2D eigenvalue weighted by Crippen LogP contribution is 2.27. The van der Waals surface area contributed by atoms with Crippen molar-refractivity contribution in [1.82, 2.24) is 5.43 Å². The third-order valence-electron chi connectivity index (χ3n) is 3.85. The number of hydrazine groups is 1. The molecule has 0 fully saturated rings. The van der Waals surface area contributed by atoms with E-state index in [9.17, 15) is 0 Å². The third kappa shape index (κ3) is 6.06. The standard InChI is InChI=1S/C18H32N2/c1-13-7-8-15(3)16(9-13)11-17(20-19)10-14(2)12-18(4,5)6/h7-9,14,17,20H,10-12,19H2,1-6H3. The Labute approximate surface area is 125 Å². The zero-order valence-corrected chi connectivity index (χ0v) is 14.1. The molecule has 2 heteroatoms. The molecule has 0 saturated heterocycles. The lowest BCUT2D eigenvalue weighted by Gasteiger charge is -2.27. The van der Waals surface area contributed by atoms with Crippen LogP contribution >= 0.6 is 0 Å². The summed E-state index contributed by atoms with van der Waals surface area (Å²) >= 11 is 0. The van der Waals surface area contributed by atoms with Crippen molar-refractivity contribution in [2.45, 2.75) is 66.8 Å². The van der Waals surface area contributed by atoms with Gasteiger partial charge in [0, 0.05) is 6.04 Å². The summed E-state index contributed by atoms with van der Waals surface area (Å²) in [6.07, 6.45) is 3.37. The summed E-state index contributed by atoms with van der Waals surface area (Å²) in [5.74, 6) is 6.45. The number of hydrogen-bond acceptors (Lipinski definition) is 2. The highest BCUT2D eigenvalue weighted by Gasteiger charge is 2.19. The minimum Gasteiger partial charge on any atom is -0.271 e. The average molecular weight is 276 g/mol. The lowest BCUT2D eigenvalue weighted by molar-refractivity contribution is 0.274. The van der Waals surface area contributed by atoms with Gasteiger partial charge in [0.2, 0.25) is 0 Å². The molecule has 0 saturated carbocycles. The Morgan fingerprint density at radius 1 is 1.20 bits per heavy atom. The molecule has 114 valence electrons. The van der Waals surface area contributed by atoms with E-state index < -0.39 is 0 Å². The monoisotopic (exact) mass is 276 g/mol. The normalized spacial score (nSPS) is 15.2. The Kier molecular flexibility index (Phi) is 6.22. The minimum absolute atomic E-state index is 0.354. The van der Waals surface area contributed by atoms with Crippen molar-refractivity contribution in [3.63, 3.8) is 0 Å². The lowest BCUT2D eigenvalue weighted by atomic mass is 9.82. The van der Waals surface area contributed by atoms with Gasteiger partial charge >= 0.3 is 0 Å². The molecule has 0 aromatic heterocycles. The molecule has 0 spiro atoms. The fourth-order valence-electron chi connectivity index (χ4n) is 3.11. The molecule has 3 N–H and O–H groups in total. The molecule has 2 atom stereocenters. The van der Waals surface area contributed by atoms with Crippen LogP contribution in [0.1, 0.15) is 57.2 Å². The van der Waals surface area contributed by atoms with E-state index in [1.165, 1.54) is 23.1 Å². The zero-order valence-electron chi connectivity index (χ0n) is 14.1. The molecule has 1 aromatic rings. The lowest BCUT2D eigenvalue weighted by Crippen LogP contribution is -2.38. The van der Waals surface area contributed by atoms with E-state index in [0.717, 1.165) is 12.8 Å². The number of nitrogens with one attached hydrogen (secondary N) is 1. The summed E-state index contributed by atoms with van der Waals surface area (Å²) in [5, 5.41) is 0. The highest BCUT2D eigenvalue weighted by atomic mass is 15.2. The first kappa shape index (κ1) is 17.2. The fraction of sp³-hybridized carbons (Fsp3) is 0.667. The summed E-state index contributed by atoms with van der Waals surface area (Å²) in [4.78, 5) is 0. The van der Waals surface area contributed by atoms with Crippen LogP contribution in [-0.4, -0.2) is 6.04 Å². The fourth-order valence-corrected chi connectivity index (χ4v) is 3.11. The predicted molar refractivity (Wildman–Crippen MR) is 88.6 cm³/mol. The molecular formula is C18H32N2. The van der Waals surface area contributed by atoms with Crippen molar-refractivity contribution in [2.24, 2.45) is 17.2 Å². The first-order valence-corrected chi connectivity index (χ1v) is 7.73. The number of nitrogens with two attached hydrogens (primary N) is 1. The van der Waals surface area contributed by atoms with Gasteiger partial charge in [-0.3, -0.25) is 11.3 Å². The van der Waals surface area contributed by atoms with Gasteiger partial charge in [-0.1, -0.05) is 51.5 Å². The van der Waals surface area contributed by atoms with Crippen molar-refractivity contribution in [3.05, 3.63) is 34.9 Å². The Morgan fingerprint density at radius 2 is 1.85 bits per heavy atom. The number of rotatable bonds is 6. The molecule has 0 aliphatic carbocycles. The third-order valence-corrected chi connectivity index (χ3v) is 3.85. The van der Waals surface area contributed by atoms with Crippen LogP contribution in [-0.2, 0) is 6.42 Å². The molecule has 0 aliphatic heterocycles.